The lowest BCUT2D eigenvalue weighted by atomic mass is 10.3. The fraction of sp³-hybridized carbons (Fsp3) is 0.133. The van der Waals surface area contributed by atoms with Crippen LogP contribution in [0, 0.1) is 6.92 Å². The van der Waals surface area contributed by atoms with Crippen molar-refractivity contribution in [2.45, 2.75) is 13.5 Å². The Kier molecular flexibility index (Phi) is 2.95. The summed E-state index contributed by atoms with van der Waals surface area (Å²) >= 11 is 0. The summed E-state index contributed by atoms with van der Waals surface area (Å²) in [4.78, 5) is 19.6. The second-order valence-corrected chi connectivity index (χ2v) is 4.55. The molecular formula is C15H13N3O2. The smallest absolute Gasteiger partial charge is 0.354 e. The van der Waals surface area contributed by atoms with E-state index in [4.69, 9.17) is 5.11 Å². The third-order valence-electron chi connectivity index (χ3n) is 3.19. The van der Waals surface area contributed by atoms with Gasteiger partial charge in [-0.2, -0.15) is 0 Å². The van der Waals surface area contributed by atoms with Crippen molar-refractivity contribution in [1.82, 2.24) is 14.5 Å². The third kappa shape index (κ3) is 2.14. The SMILES string of the molecule is Cc1nc2ccccc2n1Cc1cccc(C(=O)O)n1. The van der Waals surface area contributed by atoms with Gasteiger partial charge in [-0.15, -0.1) is 0 Å². The topological polar surface area (TPSA) is 68.0 Å². The molecule has 0 amide bonds. The highest BCUT2D eigenvalue weighted by Gasteiger charge is 2.09. The molecule has 0 saturated heterocycles. The highest BCUT2D eigenvalue weighted by Crippen LogP contribution is 2.16. The van der Waals surface area contributed by atoms with Crippen LogP contribution in [-0.4, -0.2) is 25.6 Å². The molecule has 1 aromatic carbocycles. The summed E-state index contributed by atoms with van der Waals surface area (Å²) in [6, 6.07) is 12.9. The van der Waals surface area contributed by atoms with Gasteiger partial charge in [-0.25, -0.2) is 14.8 Å². The third-order valence-corrected chi connectivity index (χ3v) is 3.19. The van der Waals surface area contributed by atoms with Crippen molar-refractivity contribution in [2.75, 3.05) is 0 Å². The number of pyridine rings is 1. The number of para-hydroxylation sites is 2. The summed E-state index contributed by atoms with van der Waals surface area (Å²) in [6.07, 6.45) is 0. The van der Waals surface area contributed by atoms with Crippen molar-refractivity contribution >= 4 is 17.0 Å². The van der Waals surface area contributed by atoms with E-state index in [2.05, 4.69) is 9.97 Å². The van der Waals surface area contributed by atoms with Gasteiger partial charge in [0.1, 0.15) is 11.5 Å². The Labute approximate surface area is 115 Å². The van der Waals surface area contributed by atoms with Crippen molar-refractivity contribution in [2.24, 2.45) is 0 Å². The van der Waals surface area contributed by atoms with E-state index in [9.17, 15) is 4.79 Å². The quantitative estimate of drug-likeness (QED) is 0.791. The molecule has 0 spiro atoms. The Bertz CT molecular complexity index is 793. The molecule has 0 aliphatic rings. The van der Waals surface area contributed by atoms with Gasteiger partial charge in [-0.1, -0.05) is 18.2 Å². The number of carboxylic acids is 1. The van der Waals surface area contributed by atoms with Crippen LogP contribution in [0.4, 0.5) is 0 Å². The number of benzene rings is 1. The standard InChI is InChI=1S/C15H13N3O2/c1-10-16-12-6-2-3-8-14(12)18(10)9-11-5-4-7-13(17-11)15(19)20/h2-8H,9H2,1H3,(H,19,20). The van der Waals surface area contributed by atoms with Crippen molar-refractivity contribution in [3.8, 4) is 0 Å². The van der Waals surface area contributed by atoms with Crippen LogP contribution in [0.15, 0.2) is 42.5 Å². The number of aromatic nitrogens is 3. The number of aromatic carboxylic acids is 1. The maximum Gasteiger partial charge on any atom is 0.354 e. The van der Waals surface area contributed by atoms with Crippen molar-refractivity contribution in [3.63, 3.8) is 0 Å². The normalized spacial score (nSPS) is 10.8. The average molecular weight is 267 g/mol. The van der Waals surface area contributed by atoms with Crippen LogP contribution in [0.5, 0.6) is 0 Å². The van der Waals surface area contributed by atoms with Gasteiger partial charge < -0.3 is 9.67 Å². The van der Waals surface area contributed by atoms with E-state index in [1.54, 1.807) is 6.07 Å². The van der Waals surface area contributed by atoms with E-state index in [1.165, 1.54) is 6.07 Å². The molecule has 0 fully saturated rings. The van der Waals surface area contributed by atoms with Gasteiger partial charge in [-0.05, 0) is 31.2 Å². The number of rotatable bonds is 3. The summed E-state index contributed by atoms with van der Waals surface area (Å²) in [5, 5.41) is 8.98. The first-order valence-corrected chi connectivity index (χ1v) is 6.26. The van der Waals surface area contributed by atoms with Crippen molar-refractivity contribution in [3.05, 3.63) is 59.7 Å². The molecule has 2 aromatic heterocycles. The summed E-state index contributed by atoms with van der Waals surface area (Å²) in [6.45, 7) is 2.44. The second-order valence-electron chi connectivity index (χ2n) is 4.55. The van der Waals surface area contributed by atoms with Crippen LogP contribution in [-0.2, 0) is 6.54 Å². The van der Waals surface area contributed by atoms with E-state index in [0.29, 0.717) is 12.2 Å². The number of aryl methyl sites for hydroxylation is 1. The predicted molar refractivity (Wildman–Crippen MR) is 74.8 cm³/mol. The van der Waals surface area contributed by atoms with Gasteiger partial charge in [-0.3, -0.25) is 0 Å². The van der Waals surface area contributed by atoms with Crippen LogP contribution < -0.4 is 0 Å². The number of hydrogen-bond acceptors (Lipinski definition) is 3. The highest BCUT2D eigenvalue weighted by atomic mass is 16.4. The monoisotopic (exact) mass is 267 g/mol. The molecule has 5 heteroatoms. The minimum atomic E-state index is -1.01. The maximum absolute atomic E-state index is 11.0. The Balaban J connectivity index is 2.03. The fourth-order valence-electron chi connectivity index (χ4n) is 2.24. The average Bonchev–Trinajstić information content (AvgIpc) is 2.76. The predicted octanol–water partition coefficient (Wildman–Crippen LogP) is 2.49. The Hall–Kier alpha value is -2.69. The molecule has 100 valence electrons. The molecule has 1 N–H and O–H groups in total. The zero-order valence-corrected chi connectivity index (χ0v) is 10.9. The first kappa shape index (κ1) is 12.3. The molecule has 0 aliphatic heterocycles. The zero-order chi connectivity index (χ0) is 14.1. The van der Waals surface area contributed by atoms with Crippen LogP contribution in [0.1, 0.15) is 22.0 Å². The summed E-state index contributed by atoms with van der Waals surface area (Å²) in [7, 11) is 0. The number of fused-ring (bicyclic) bond motifs is 1. The minimum Gasteiger partial charge on any atom is -0.477 e. The number of carboxylic acid groups (broad SMARTS) is 1. The molecular weight excluding hydrogens is 254 g/mol. The van der Waals surface area contributed by atoms with Gasteiger partial charge >= 0.3 is 5.97 Å². The van der Waals surface area contributed by atoms with E-state index < -0.39 is 5.97 Å². The van der Waals surface area contributed by atoms with Crippen molar-refractivity contribution < 1.29 is 9.90 Å². The molecule has 0 saturated carbocycles. The number of nitrogens with zero attached hydrogens (tertiary/aromatic N) is 3. The van der Waals surface area contributed by atoms with E-state index in [-0.39, 0.29) is 5.69 Å². The molecule has 0 unspecified atom stereocenters. The molecule has 0 atom stereocenters. The summed E-state index contributed by atoms with van der Waals surface area (Å²) in [5.74, 6) is -0.132. The van der Waals surface area contributed by atoms with Crippen LogP contribution in [0.25, 0.3) is 11.0 Å². The fourth-order valence-corrected chi connectivity index (χ4v) is 2.24. The first-order chi connectivity index (χ1) is 9.65. The molecule has 0 bridgehead atoms. The molecule has 0 radical (unpaired) electrons. The van der Waals surface area contributed by atoms with Gasteiger partial charge in [0.15, 0.2) is 0 Å². The van der Waals surface area contributed by atoms with Crippen LogP contribution in [0.2, 0.25) is 0 Å². The second kappa shape index (κ2) is 4.77. The molecule has 20 heavy (non-hydrogen) atoms. The first-order valence-electron chi connectivity index (χ1n) is 6.26. The maximum atomic E-state index is 11.0. The zero-order valence-electron chi connectivity index (χ0n) is 10.9. The Morgan fingerprint density at radius 2 is 1.95 bits per heavy atom. The van der Waals surface area contributed by atoms with Gasteiger partial charge in [0.05, 0.1) is 23.3 Å². The Morgan fingerprint density at radius 1 is 1.15 bits per heavy atom. The van der Waals surface area contributed by atoms with Gasteiger partial charge in [0, 0.05) is 0 Å². The summed E-state index contributed by atoms with van der Waals surface area (Å²) in [5.41, 5.74) is 2.72. The lowest BCUT2D eigenvalue weighted by Gasteiger charge is -2.07. The van der Waals surface area contributed by atoms with Crippen molar-refractivity contribution in [1.29, 1.82) is 0 Å². The molecule has 0 aliphatic carbocycles. The molecule has 5 nitrogen and oxygen atoms in total. The largest absolute Gasteiger partial charge is 0.477 e. The lowest BCUT2D eigenvalue weighted by molar-refractivity contribution is 0.0690. The van der Waals surface area contributed by atoms with Crippen LogP contribution in [0.3, 0.4) is 0 Å². The number of hydrogen-bond donors (Lipinski definition) is 1. The Morgan fingerprint density at radius 3 is 2.75 bits per heavy atom. The molecule has 3 rings (SSSR count). The lowest BCUT2D eigenvalue weighted by Crippen LogP contribution is -2.07. The molecule has 3 aromatic rings. The van der Waals surface area contributed by atoms with Gasteiger partial charge in [0.2, 0.25) is 0 Å². The van der Waals surface area contributed by atoms with E-state index in [0.717, 1.165) is 16.9 Å². The highest BCUT2D eigenvalue weighted by molar-refractivity contribution is 5.85. The number of carbonyl (C=O) groups is 1. The number of imidazole rings is 1. The van der Waals surface area contributed by atoms with E-state index in [1.807, 2.05) is 41.8 Å². The summed E-state index contributed by atoms with van der Waals surface area (Å²) < 4.78 is 2.03. The minimum absolute atomic E-state index is 0.0598. The molecule has 2 heterocycles. The van der Waals surface area contributed by atoms with Gasteiger partial charge in [0.25, 0.3) is 0 Å². The van der Waals surface area contributed by atoms with E-state index >= 15 is 0 Å². The van der Waals surface area contributed by atoms with Crippen LogP contribution >= 0.6 is 0 Å².